The monoisotopic (exact) mass is 244 g/mol. The summed E-state index contributed by atoms with van der Waals surface area (Å²) in [4.78, 5) is 18.5. The molecule has 0 saturated carbocycles. The molecule has 0 spiro atoms. The van der Waals surface area contributed by atoms with Crippen molar-refractivity contribution in [1.82, 2.24) is 9.97 Å². The van der Waals surface area contributed by atoms with Crippen molar-refractivity contribution in [3.05, 3.63) is 22.1 Å². The number of nitrogens with one attached hydrogen (secondary N) is 1. The number of rotatable bonds is 6. The van der Waals surface area contributed by atoms with Crippen molar-refractivity contribution in [2.45, 2.75) is 31.2 Å². The molecule has 0 atom stereocenters. The molecule has 0 amide bonds. The van der Waals surface area contributed by atoms with Crippen LogP contribution in [0.3, 0.4) is 0 Å². The summed E-state index contributed by atoms with van der Waals surface area (Å²) >= 11 is 3.38. The van der Waals surface area contributed by atoms with E-state index in [4.69, 9.17) is 0 Å². The average Bonchev–Trinajstić information content (AvgIpc) is 2.23. The van der Waals surface area contributed by atoms with Crippen LogP contribution in [0.5, 0.6) is 0 Å². The Hall–Kier alpha value is -0.420. The van der Waals surface area contributed by atoms with Crippen LogP contribution >= 0.6 is 23.5 Å². The third-order valence-corrected chi connectivity index (χ3v) is 3.66. The zero-order chi connectivity index (χ0) is 11.1. The Morgan fingerprint density at radius 3 is 2.93 bits per heavy atom. The quantitative estimate of drug-likeness (QED) is 0.617. The molecule has 0 radical (unpaired) electrons. The molecule has 1 aromatic heterocycles. The topological polar surface area (TPSA) is 45.8 Å². The Bertz CT molecular complexity index is 322. The second-order valence-corrected chi connectivity index (χ2v) is 5.39. The first-order valence-corrected chi connectivity index (χ1v) is 7.21. The Kier molecular flexibility index (Phi) is 5.86. The summed E-state index contributed by atoms with van der Waals surface area (Å²) in [6.45, 7) is 4.21. The molecule has 5 heteroatoms. The summed E-state index contributed by atoms with van der Waals surface area (Å²) in [6.07, 6.45) is 1.09. The third-order valence-electron chi connectivity index (χ3n) is 1.67. The second-order valence-electron chi connectivity index (χ2n) is 3.03. The fourth-order valence-corrected chi connectivity index (χ4v) is 2.34. The van der Waals surface area contributed by atoms with Gasteiger partial charge in [0.1, 0.15) is 0 Å². The van der Waals surface area contributed by atoms with Gasteiger partial charge in [-0.15, -0.1) is 0 Å². The fourth-order valence-electron chi connectivity index (χ4n) is 1.03. The third kappa shape index (κ3) is 4.75. The zero-order valence-corrected chi connectivity index (χ0v) is 10.7. The van der Waals surface area contributed by atoms with Gasteiger partial charge in [0.05, 0.1) is 5.69 Å². The minimum Gasteiger partial charge on any atom is -0.301 e. The molecule has 84 valence electrons. The maximum Gasteiger partial charge on any atom is 0.251 e. The molecule has 0 bridgehead atoms. The van der Waals surface area contributed by atoms with Gasteiger partial charge in [-0.3, -0.25) is 4.79 Å². The van der Waals surface area contributed by atoms with Gasteiger partial charge in [0.25, 0.3) is 5.56 Å². The predicted octanol–water partition coefficient (Wildman–Crippen LogP) is 2.53. The molecule has 0 aliphatic heterocycles. The standard InChI is InChI=1S/C10H16N2OS2/c1-3-5-15-10-11-8(7-14-4-2)6-9(13)12-10/h6H,3-5,7H2,1-2H3,(H,11,12,13). The van der Waals surface area contributed by atoms with E-state index in [0.717, 1.165) is 34.5 Å². The van der Waals surface area contributed by atoms with Crippen LogP contribution in [0.25, 0.3) is 0 Å². The number of H-pyrrole nitrogens is 1. The Balaban J connectivity index is 2.71. The fraction of sp³-hybridized carbons (Fsp3) is 0.600. The molecule has 0 unspecified atom stereocenters. The van der Waals surface area contributed by atoms with E-state index < -0.39 is 0 Å². The number of aromatic amines is 1. The van der Waals surface area contributed by atoms with Gasteiger partial charge in [-0.05, 0) is 12.2 Å². The summed E-state index contributed by atoms with van der Waals surface area (Å²) in [5, 5.41) is 0.746. The van der Waals surface area contributed by atoms with Crippen molar-refractivity contribution >= 4 is 23.5 Å². The van der Waals surface area contributed by atoms with Crippen LogP contribution < -0.4 is 5.56 Å². The van der Waals surface area contributed by atoms with Crippen LogP contribution in [0.1, 0.15) is 26.0 Å². The van der Waals surface area contributed by atoms with E-state index in [1.807, 2.05) is 0 Å². The van der Waals surface area contributed by atoms with E-state index in [9.17, 15) is 4.79 Å². The highest BCUT2D eigenvalue weighted by Crippen LogP contribution is 2.14. The van der Waals surface area contributed by atoms with Crippen LogP contribution in [0, 0.1) is 0 Å². The molecule has 1 aromatic rings. The van der Waals surface area contributed by atoms with E-state index in [-0.39, 0.29) is 5.56 Å². The van der Waals surface area contributed by atoms with Crippen molar-refractivity contribution in [1.29, 1.82) is 0 Å². The van der Waals surface area contributed by atoms with Crippen LogP contribution in [0.15, 0.2) is 16.0 Å². The summed E-state index contributed by atoms with van der Waals surface area (Å²) in [7, 11) is 0. The molecule has 0 saturated heterocycles. The molecule has 3 nitrogen and oxygen atoms in total. The van der Waals surface area contributed by atoms with Crippen molar-refractivity contribution in [3.63, 3.8) is 0 Å². The average molecular weight is 244 g/mol. The molecule has 0 aromatic carbocycles. The maximum atomic E-state index is 11.3. The number of aromatic nitrogens is 2. The number of hydrogen-bond acceptors (Lipinski definition) is 4. The van der Waals surface area contributed by atoms with Gasteiger partial charge in [0.15, 0.2) is 5.16 Å². The van der Waals surface area contributed by atoms with Gasteiger partial charge in [0, 0.05) is 17.6 Å². The Labute approximate surface area is 98.5 Å². The minimum atomic E-state index is -0.0460. The summed E-state index contributed by atoms with van der Waals surface area (Å²) in [5.41, 5.74) is 0.833. The van der Waals surface area contributed by atoms with Gasteiger partial charge in [-0.2, -0.15) is 11.8 Å². The van der Waals surface area contributed by atoms with E-state index in [0.29, 0.717) is 0 Å². The molecule has 15 heavy (non-hydrogen) atoms. The van der Waals surface area contributed by atoms with Gasteiger partial charge in [-0.25, -0.2) is 4.98 Å². The lowest BCUT2D eigenvalue weighted by Gasteiger charge is -2.02. The predicted molar refractivity (Wildman–Crippen MR) is 67.7 cm³/mol. The first-order chi connectivity index (χ1) is 7.26. The van der Waals surface area contributed by atoms with Crippen LogP contribution in [0.2, 0.25) is 0 Å². The summed E-state index contributed by atoms with van der Waals surface area (Å²) < 4.78 is 0. The maximum absolute atomic E-state index is 11.3. The highest BCUT2D eigenvalue weighted by Gasteiger charge is 2.01. The SMILES string of the molecule is CCCSc1nc(CSCC)cc(=O)[nH]1. The van der Waals surface area contributed by atoms with Crippen molar-refractivity contribution in [2.75, 3.05) is 11.5 Å². The van der Waals surface area contributed by atoms with Crippen molar-refractivity contribution < 1.29 is 0 Å². The molecule has 1 rings (SSSR count). The molecule has 1 heterocycles. The molecular formula is C10H16N2OS2. The van der Waals surface area contributed by atoms with Gasteiger partial charge in [-0.1, -0.05) is 25.6 Å². The van der Waals surface area contributed by atoms with Crippen molar-refractivity contribution in [3.8, 4) is 0 Å². The lowest BCUT2D eigenvalue weighted by molar-refractivity contribution is 0.897. The van der Waals surface area contributed by atoms with E-state index in [1.54, 1.807) is 29.6 Å². The Morgan fingerprint density at radius 2 is 2.27 bits per heavy atom. The van der Waals surface area contributed by atoms with E-state index in [1.165, 1.54) is 0 Å². The first kappa shape index (κ1) is 12.6. The van der Waals surface area contributed by atoms with E-state index in [2.05, 4.69) is 23.8 Å². The van der Waals surface area contributed by atoms with Crippen LogP contribution in [-0.4, -0.2) is 21.5 Å². The van der Waals surface area contributed by atoms with E-state index >= 15 is 0 Å². The lowest BCUT2D eigenvalue weighted by atomic mass is 10.5. The largest absolute Gasteiger partial charge is 0.301 e. The lowest BCUT2D eigenvalue weighted by Crippen LogP contribution is -2.09. The molecular weight excluding hydrogens is 228 g/mol. The molecule has 0 aliphatic carbocycles. The van der Waals surface area contributed by atoms with Gasteiger partial charge < -0.3 is 4.98 Å². The number of hydrogen-bond donors (Lipinski definition) is 1. The second kappa shape index (κ2) is 6.95. The minimum absolute atomic E-state index is 0.0460. The first-order valence-electron chi connectivity index (χ1n) is 5.07. The zero-order valence-electron chi connectivity index (χ0n) is 9.08. The normalized spacial score (nSPS) is 10.5. The van der Waals surface area contributed by atoms with Crippen LogP contribution in [0.4, 0.5) is 0 Å². The summed E-state index contributed by atoms with van der Waals surface area (Å²) in [5.74, 6) is 2.86. The highest BCUT2D eigenvalue weighted by atomic mass is 32.2. The highest BCUT2D eigenvalue weighted by molar-refractivity contribution is 7.99. The molecule has 0 fully saturated rings. The summed E-state index contributed by atoms with van der Waals surface area (Å²) in [6, 6.07) is 1.58. The van der Waals surface area contributed by atoms with Crippen molar-refractivity contribution in [2.24, 2.45) is 0 Å². The van der Waals surface area contributed by atoms with Gasteiger partial charge >= 0.3 is 0 Å². The molecule has 0 aliphatic rings. The smallest absolute Gasteiger partial charge is 0.251 e. The van der Waals surface area contributed by atoms with Crippen LogP contribution in [-0.2, 0) is 5.75 Å². The number of thioether (sulfide) groups is 2. The Morgan fingerprint density at radius 1 is 1.47 bits per heavy atom. The number of nitrogens with zero attached hydrogens (tertiary/aromatic N) is 1. The van der Waals surface area contributed by atoms with Gasteiger partial charge in [0.2, 0.25) is 0 Å². The molecule has 1 N–H and O–H groups in total.